The van der Waals surface area contributed by atoms with E-state index in [9.17, 15) is 0 Å². The monoisotopic (exact) mass is 306 g/mol. The van der Waals surface area contributed by atoms with Crippen LogP contribution in [0.25, 0.3) is 0 Å². The molecule has 6 nitrogen and oxygen atoms in total. The number of nitrogens with zero attached hydrogens (tertiary/aromatic N) is 2. The number of nitrogens with two attached hydrogens (primary N) is 1. The molecule has 0 radical (unpaired) electrons. The van der Waals surface area contributed by atoms with Crippen LogP contribution in [0, 0.1) is 0 Å². The lowest BCUT2D eigenvalue weighted by Gasteiger charge is -2.22. The normalized spacial score (nSPS) is 11.4. The fourth-order valence-corrected chi connectivity index (χ4v) is 2.35. The highest BCUT2D eigenvalue weighted by Gasteiger charge is 2.12. The molecule has 2 aromatic rings. The van der Waals surface area contributed by atoms with E-state index >= 15 is 0 Å². The van der Waals surface area contributed by atoms with Crippen LogP contribution in [0.4, 0.5) is 17.3 Å². The second kappa shape index (κ2) is 6.73. The molecule has 0 saturated carbocycles. The van der Waals surface area contributed by atoms with Gasteiger partial charge in [0, 0.05) is 17.0 Å². The molecular formula is C14H22N6S. The molecule has 0 aliphatic heterocycles. The summed E-state index contributed by atoms with van der Waals surface area (Å²) in [4.78, 5) is 9.68. The van der Waals surface area contributed by atoms with Gasteiger partial charge in [-0.2, -0.15) is 0 Å². The summed E-state index contributed by atoms with van der Waals surface area (Å²) < 4.78 is 0. The number of aromatic nitrogens is 2. The zero-order valence-electron chi connectivity index (χ0n) is 12.6. The summed E-state index contributed by atoms with van der Waals surface area (Å²) in [5, 5.41) is 5.33. The van der Waals surface area contributed by atoms with Gasteiger partial charge in [0.25, 0.3) is 0 Å². The summed E-state index contributed by atoms with van der Waals surface area (Å²) in [6.45, 7) is 6.95. The van der Waals surface area contributed by atoms with Gasteiger partial charge >= 0.3 is 0 Å². The number of anilines is 3. The van der Waals surface area contributed by atoms with Gasteiger partial charge in [-0.1, -0.05) is 6.07 Å². The van der Waals surface area contributed by atoms with Crippen molar-refractivity contribution in [2.75, 3.05) is 23.0 Å². The number of nitrogen functional groups attached to an aromatic ring is 1. The summed E-state index contributed by atoms with van der Waals surface area (Å²) >= 11 is 1.75. The Balaban J connectivity index is 1.93. The maximum atomic E-state index is 6.08. The van der Waals surface area contributed by atoms with Crippen molar-refractivity contribution in [1.82, 2.24) is 15.4 Å². The third-order valence-electron chi connectivity index (χ3n) is 2.68. The van der Waals surface area contributed by atoms with Gasteiger partial charge in [0.1, 0.15) is 12.0 Å². The van der Waals surface area contributed by atoms with Crippen molar-refractivity contribution in [3.8, 4) is 0 Å². The van der Waals surface area contributed by atoms with Gasteiger partial charge in [-0.3, -0.25) is 0 Å². The molecule has 0 saturated heterocycles. The van der Waals surface area contributed by atoms with Crippen LogP contribution >= 0.6 is 11.3 Å². The SMILES string of the molecule is CC(C)(C)NNc1ncnc(NCCc2cccs2)c1N. The number of rotatable bonds is 6. The zero-order chi connectivity index (χ0) is 15.3. The van der Waals surface area contributed by atoms with Gasteiger partial charge in [-0.05, 0) is 38.6 Å². The van der Waals surface area contributed by atoms with Crippen molar-refractivity contribution < 1.29 is 0 Å². The molecule has 0 fully saturated rings. The van der Waals surface area contributed by atoms with Crippen LogP contribution in [0.2, 0.25) is 0 Å². The Morgan fingerprint density at radius 2 is 2.00 bits per heavy atom. The van der Waals surface area contributed by atoms with Crippen molar-refractivity contribution in [3.63, 3.8) is 0 Å². The molecule has 0 bridgehead atoms. The number of thiophene rings is 1. The largest absolute Gasteiger partial charge is 0.393 e. The van der Waals surface area contributed by atoms with Crippen LogP contribution in [-0.2, 0) is 6.42 Å². The smallest absolute Gasteiger partial charge is 0.169 e. The highest BCUT2D eigenvalue weighted by atomic mass is 32.1. The van der Waals surface area contributed by atoms with Crippen LogP contribution in [0.5, 0.6) is 0 Å². The minimum absolute atomic E-state index is 0.0792. The van der Waals surface area contributed by atoms with E-state index in [0.29, 0.717) is 17.3 Å². The first-order valence-corrected chi connectivity index (χ1v) is 7.73. The maximum Gasteiger partial charge on any atom is 0.169 e. The molecule has 7 heteroatoms. The van der Waals surface area contributed by atoms with E-state index in [1.165, 1.54) is 11.2 Å². The van der Waals surface area contributed by atoms with E-state index in [-0.39, 0.29) is 5.54 Å². The van der Waals surface area contributed by atoms with Crippen molar-refractivity contribution in [3.05, 3.63) is 28.7 Å². The molecule has 2 aromatic heterocycles. The molecule has 0 aromatic carbocycles. The lowest BCUT2D eigenvalue weighted by atomic mass is 10.1. The van der Waals surface area contributed by atoms with Crippen LogP contribution in [0.15, 0.2) is 23.8 Å². The van der Waals surface area contributed by atoms with Crippen LogP contribution in [0.1, 0.15) is 25.6 Å². The summed E-state index contributed by atoms with van der Waals surface area (Å²) in [5.41, 5.74) is 12.7. The van der Waals surface area contributed by atoms with Gasteiger partial charge < -0.3 is 16.5 Å². The second-order valence-corrected chi connectivity index (χ2v) is 6.77. The van der Waals surface area contributed by atoms with E-state index in [1.54, 1.807) is 11.3 Å². The van der Waals surface area contributed by atoms with Crippen molar-refractivity contribution in [1.29, 1.82) is 0 Å². The Morgan fingerprint density at radius 1 is 1.24 bits per heavy atom. The number of hydrogen-bond acceptors (Lipinski definition) is 7. The predicted octanol–water partition coefficient (Wildman–Crippen LogP) is 2.49. The molecule has 0 spiro atoms. The molecule has 5 N–H and O–H groups in total. The molecule has 0 unspecified atom stereocenters. The van der Waals surface area contributed by atoms with Crippen molar-refractivity contribution in [2.45, 2.75) is 32.7 Å². The second-order valence-electron chi connectivity index (χ2n) is 5.74. The molecular weight excluding hydrogens is 284 g/mol. The molecule has 21 heavy (non-hydrogen) atoms. The summed E-state index contributed by atoms with van der Waals surface area (Å²) in [6, 6.07) is 4.18. The summed E-state index contributed by atoms with van der Waals surface area (Å²) in [5.74, 6) is 1.23. The third kappa shape index (κ3) is 4.87. The van der Waals surface area contributed by atoms with Gasteiger partial charge in [0.15, 0.2) is 11.6 Å². The number of hydrogen-bond donors (Lipinski definition) is 4. The Labute approximate surface area is 129 Å². The summed E-state index contributed by atoms with van der Waals surface area (Å²) in [7, 11) is 0. The Kier molecular flexibility index (Phi) is 4.98. The van der Waals surface area contributed by atoms with Gasteiger partial charge in [0.05, 0.1) is 0 Å². The molecule has 0 amide bonds. The third-order valence-corrected chi connectivity index (χ3v) is 3.62. The van der Waals surface area contributed by atoms with Gasteiger partial charge in [-0.15, -0.1) is 11.3 Å². The lowest BCUT2D eigenvalue weighted by molar-refractivity contribution is 0.464. The molecule has 2 rings (SSSR count). The van der Waals surface area contributed by atoms with E-state index in [0.717, 1.165) is 13.0 Å². The first kappa shape index (κ1) is 15.5. The molecule has 0 atom stereocenters. The Hall–Kier alpha value is -1.86. The first-order valence-electron chi connectivity index (χ1n) is 6.85. The average molecular weight is 306 g/mol. The van der Waals surface area contributed by atoms with Crippen molar-refractivity contribution in [2.24, 2.45) is 0 Å². The van der Waals surface area contributed by atoms with E-state index in [4.69, 9.17) is 5.73 Å². The zero-order valence-corrected chi connectivity index (χ0v) is 13.4. The quantitative estimate of drug-likeness (QED) is 0.613. The average Bonchev–Trinajstić information content (AvgIpc) is 2.91. The summed E-state index contributed by atoms with van der Waals surface area (Å²) in [6.07, 6.45) is 2.45. The highest BCUT2D eigenvalue weighted by Crippen LogP contribution is 2.22. The molecule has 0 aliphatic rings. The van der Waals surface area contributed by atoms with E-state index in [1.807, 2.05) is 0 Å². The topological polar surface area (TPSA) is 87.9 Å². The molecule has 2 heterocycles. The highest BCUT2D eigenvalue weighted by molar-refractivity contribution is 7.09. The fourth-order valence-electron chi connectivity index (χ4n) is 1.64. The Morgan fingerprint density at radius 3 is 2.67 bits per heavy atom. The lowest BCUT2D eigenvalue weighted by Crippen LogP contribution is -2.40. The maximum absolute atomic E-state index is 6.08. The standard InChI is InChI=1S/C14H22N6S/c1-14(2,3)20-19-13-11(15)12(17-9-18-13)16-7-6-10-5-4-8-21-10/h4-5,8-9,20H,6-7,15H2,1-3H3,(H2,16,17,18,19). The van der Waals surface area contributed by atoms with Crippen LogP contribution < -0.4 is 21.9 Å². The van der Waals surface area contributed by atoms with Crippen LogP contribution in [0.3, 0.4) is 0 Å². The van der Waals surface area contributed by atoms with Crippen molar-refractivity contribution >= 4 is 28.7 Å². The minimum Gasteiger partial charge on any atom is -0.393 e. The number of nitrogens with one attached hydrogen (secondary N) is 3. The minimum atomic E-state index is -0.0792. The van der Waals surface area contributed by atoms with E-state index < -0.39 is 0 Å². The predicted molar refractivity (Wildman–Crippen MR) is 89.5 cm³/mol. The number of hydrazine groups is 1. The fraction of sp³-hybridized carbons (Fsp3) is 0.429. The van der Waals surface area contributed by atoms with Gasteiger partial charge in [0.2, 0.25) is 0 Å². The first-order chi connectivity index (χ1) is 9.96. The molecule has 114 valence electrons. The molecule has 0 aliphatic carbocycles. The van der Waals surface area contributed by atoms with E-state index in [2.05, 4.69) is 64.4 Å². The van der Waals surface area contributed by atoms with Gasteiger partial charge in [-0.25, -0.2) is 15.4 Å². The van der Waals surface area contributed by atoms with Crippen LogP contribution in [-0.4, -0.2) is 22.1 Å². The Bertz CT molecular complexity index is 561.